The highest BCUT2D eigenvalue weighted by Crippen LogP contribution is 2.29. The average molecular weight is 180 g/mol. The van der Waals surface area contributed by atoms with Crippen LogP contribution >= 0.6 is 0 Å². The summed E-state index contributed by atoms with van der Waals surface area (Å²) in [5, 5.41) is 0. The third-order valence-electron chi connectivity index (χ3n) is 1.64. The van der Waals surface area contributed by atoms with E-state index in [4.69, 9.17) is 9.47 Å². The van der Waals surface area contributed by atoms with Gasteiger partial charge in [-0.3, -0.25) is 4.79 Å². The van der Waals surface area contributed by atoms with Crippen LogP contribution in [0, 0.1) is 0 Å². The number of carbonyl (C=O) groups excluding carboxylic acids is 1. The number of para-hydroxylation sites is 1. The van der Waals surface area contributed by atoms with Crippen molar-refractivity contribution < 1.29 is 14.3 Å². The first kappa shape index (κ1) is 9.58. The van der Waals surface area contributed by atoms with Gasteiger partial charge in [0.1, 0.15) is 0 Å². The van der Waals surface area contributed by atoms with E-state index in [-0.39, 0.29) is 0 Å². The molecule has 70 valence electrons. The van der Waals surface area contributed by atoms with Crippen molar-refractivity contribution in [3.05, 3.63) is 23.8 Å². The highest BCUT2D eigenvalue weighted by molar-refractivity contribution is 5.81. The molecule has 3 heteroatoms. The van der Waals surface area contributed by atoms with E-state index in [0.29, 0.717) is 23.7 Å². The second kappa shape index (κ2) is 4.50. The topological polar surface area (TPSA) is 35.5 Å². The molecule has 0 amide bonds. The molecule has 0 N–H and O–H groups in total. The normalized spacial score (nSPS) is 9.38. The Labute approximate surface area is 77.3 Å². The zero-order valence-electron chi connectivity index (χ0n) is 7.74. The fraction of sp³-hybridized carbons (Fsp3) is 0.300. The molecule has 0 saturated carbocycles. The summed E-state index contributed by atoms with van der Waals surface area (Å²) < 4.78 is 10.4. The van der Waals surface area contributed by atoms with E-state index >= 15 is 0 Å². The highest BCUT2D eigenvalue weighted by atomic mass is 16.5. The number of carbonyl (C=O) groups is 1. The van der Waals surface area contributed by atoms with Crippen molar-refractivity contribution in [2.45, 2.75) is 6.92 Å². The van der Waals surface area contributed by atoms with Gasteiger partial charge in [0.05, 0.1) is 19.3 Å². The van der Waals surface area contributed by atoms with E-state index in [1.54, 1.807) is 18.2 Å². The van der Waals surface area contributed by atoms with Gasteiger partial charge < -0.3 is 9.47 Å². The Bertz CT molecular complexity index is 294. The molecule has 1 rings (SSSR count). The summed E-state index contributed by atoms with van der Waals surface area (Å²) in [7, 11) is 1.52. The lowest BCUT2D eigenvalue weighted by Crippen LogP contribution is -1.97. The molecular formula is C10H12O3. The zero-order valence-corrected chi connectivity index (χ0v) is 7.74. The average Bonchev–Trinajstić information content (AvgIpc) is 2.18. The van der Waals surface area contributed by atoms with E-state index < -0.39 is 0 Å². The largest absolute Gasteiger partial charge is 0.492 e. The van der Waals surface area contributed by atoms with Crippen molar-refractivity contribution in [3.8, 4) is 11.5 Å². The first-order valence-corrected chi connectivity index (χ1v) is 4.08. The van der Waals surface area contributed by atoms with Crippen LogP contribution in [0.2, 0.25) is 0 Å². The fourth-order valence-electron chi connectivity index (χ4n) is 1.11. The van der Waals surface area contributed by atoms with Crippen molar-refractivity contribution in [2.24, 2.45) is 0 Å². The number of ether oxygens (including phenoxy) is 2. The fourth-order valence-corrected chi connectivity index (χ4v) is 1.11. The van der Waals surface area contributed by atoms with Crippen LogP contribution in [0.1, 0.15) is 17.3 Å². The minimum absolute atomic E-state index is 0.499. The van der Waals surface area contributed by atoms with Crippen molar-refractivity contribution >= 4 is 6.29 Å². The molecule has 0 bridgehead atoms. The molecule has 1 aromatic carbocycles. The maximum Gasteiger partial charge on any atom is 0.171 e. The lowest BCUT2D eigenvalue weighted by molar-refractivity contribution is 0.111. The molecule has 0 aliphatic carbocycles. The summed E-state index contributed by atoms with van der Waals surface area (Å²) in [5.41, 5.74) is 0.508. The summed E-state index contributed by atoms with van der Waals surface area (Å²) in [6.07, 6.45) is 0.751. The molecule has 0 spiro atoms. The van der Waals surface area contributed by atoms with E-state index in [0.717, 1.165) is 6.29 Å². The number of benzene rings is 1. The molecule has 0 saturated heterocycles. The van der Waals surface area contributed by atoms with E-state index in [1.165, 1.54) is 7.11 Å². The van der Waals surface area contributed by atoms with Gasteiger partial charge in [0.15, 0.2) is 17.8 Å². The Morgan fingerprint density at radius 1 is 1.46 bits per heavy atom. The lowest BCUT2D eigenvalue weighted by Gasteiger charge is -2.09. The second-order valence-corrected chi connectivity index (χ2v) is 2.43. The first-order valence-electron chi connectivity index (χ1n) is 4.08. The standard InChI is InChI=1S/C10H12O3/c1-3-13-9-6-4-5-8(7-11)10(9)12-2/h4-7H,3H2,1-2H3. The Morgan fingerprint density at radius 3 is 2.77 bits per heavy atom. The molecular weight excluding hydrogens is 168 g/mol. The Morgan fingerprint density at radius 2 is 2.23 bits per heavy atom. The molecule has 0 fully saturated rings. The zero-order chi connectivity index (χ0) is 9.68. The van der Waals surface area contributed by atoms with Crippen LogP contribution in [-0.2, 0) is 0 Å². The van der Waals surface area contributed by atoms with Crippen LogP contribution in [0.25, 0.3) is 0 Å². The highest BCUT2D eigenvalue weighted by Gasteiger charge is 2.07. The summed E-state index contributed by atoms with van der Waals surface area (Å²) >= 11 is 0. The summed E-state index contributed by atoms with van der Waals surface area (Å²) in [5.74, 6) is 1.11. The van der Waals surface area contributed by atoms with Crippen LogP contribution in [0.3, 0.4) is 0 Å². The van der Waals surface area contributed by atoms with Crippen LogP contribution in [-0.4, -0.2) is 20.0 Å². The number of aldehydes is 1. The van der Waals surface area contributed by atoms with Crippen molar-refractivity contribution in [1.29, 1.82) is 0 Å². The van der Waals surface area contributed by atoms with Gasteiger partial charge in [-0.2, -0.15) is 0 Å². The quantitative estimate of drug-likeness (QED) is 0.664. The number of hydrogen-bond acceptors (Lipinski definition) is 3. The van der Waals surface area contributed by atoms with Crippen LogP contribution in [0.15, 0.2) is 18.2 Å². The van der Waals surface area contributed by atoms with E-state index in [1.807, 2.05) is 6.92 Å². The van der Waals surface area contributed by atoms with Crippen molar-refractivity contribution in [1.82, 2.24) is 0 Å². The summed E-state index contributed by atoms with van der Waals surface area (Å²) in [4.78, 5) is 10.6. The van der Waals surface area contributed by atoms with Crippen LogP contribution in [0.5, 0.6) is 11.5 Å². The monoisotopic (exact) mass is 180 g/mol. The van der Waals surface area contributed by atoms with Gasteiger partial charge in [0, 0.05) is 0 Å². The molecule has 0 heterocycles. The minimum atomic E-state index is 0.499. The number of methoxy groups -OCH3 is 1. The molecule has 0 aliphatic heterocycles. The van der Waals surface area contributed by atoms with E-state index in [2.05, 4.69) is 0 Å². The minimum Gasteiger partial charge on any atom is -0.492 e. The third-order valence-corrected chi connectivity index (χ3v) is 1.64. The third kappa shape index (κ3) is 1.99. The van der Waals surface area contributed by atoms with Gasteiger partial charge >= 0.3 is 0 Å². The number of hydrogen-bond donors (Lipinski definition) is 0. The van der Waals surface area contributed by atoms with Crippen molar-refractivity contribution in [3.63, 3.8) is 0 Å². The van der Waals surface area contributed by atoms with Crippen LogP contribution < -0.4 is 9.47 Å². The molecule has 0 atom stereocenters. The smallest absolute Gasteiger partial charge is 0.171 e. The lowest BCUT2D eigenvalue weighted by atomic mass is 10.2. The molecule has 0 aromatic heterocycles. The van der Waals surface area contributed by atoms with Crippen LogP contribution in [0.4, 0.5) is 0 Å². The Balaban J connectivity index is 3.10. The van der Waals surface area contributed by atoms with Gasteiger partial charge in [0.25, 0.3) is 0 Å². The predicted octanol–water partition coefficient (Wildman–Crippen LogP) is 1.91. The Hall–Kier alpha value is -1.51. The molecule has 0 unspecified atom stereocenters. The van der Waals surface area contributed by atoms with Gasteiger partial charge in [-0.15, -0.1) is 0 Å². The van der Waals surface area contributed by atoms with E-state index in [9.17, 15) is 4.79 Å². The van der Waals surface area contributed by atoms with Gasteiger partial charge in [0.2, 0.25) is 0 Å². The van der Waals surface area contributed by atoms with Gasteiger partial charge in [-0.05, 0) is 19.1 Å². The SMILES string of the molecule is CCOc1cccc(C=O)c1OC. The Kier molecular flexibility index (Phi) is 3.31. The maximum absolute atomic E-state index is 10.6. The van der Waals surface area contributed by atoms with Gasteiger partial charge in [-0.25, -0.2) is 0 Å². The van der Waals surface area contributed by atoms with Gasteiger partial charge in [-0.1, -0.05) is 6.07 Å². The maximum atomic E-state index is 10.6. The second-order valence-electron chi connectivity index (χ2n) is 2.43. The first-order chi connectivity index (χ1) is 6.33. The molecule has 3 nitrogen and oxygen atoms in total. The predicted molar refractivity (Wildman–Crippen MR) is 49.6 cm³/mol. The number of rotatable bonds is 4. The van der Waals surface area contributed by atoms with Crippen molar-refractivity contribution in [2.75, 3.05) is 13.7 Å². The molecule has 0 radical (unpaired) electrons. The molecule has 1 aromatic rings. The molecule has 13 heavy (non-hydrogen) atoms. The molecule has 0 aliphatic rings. The summed E-state index contributed by atoms with van der Waals surface area (Å²) in [6, 6.07) is 5.22. The summed E-state index contributed by atoms with van der Waals surface area (Å²) in [6.45, 7) is 2.44.